The number of Topliss-reactive ketones (excluding diaryl/α,β-unsaturated/α-hetero) is 2. The van der Waals surface area contributed by atoms with Gasteiger partial charge in [0.05, 0.1) is 5.57 Å². The van der Waals surface area contributed by atoms with Crippen molar-refractivity contribution >= 4 is 41.1 Å². The molecule has 1 atom stereocenters. The fourth-order valence-corrected chi connectivity index (χ4v) is 4.98. The van der Waals surface area contributed by atoms with Gasteiger partial charge in [-0.3, -0.25) is 49.2 Å². The molecule has 0 aliphatic carbocycles. The van der Waals surface area contributed by atoms with Crippen molar-refractivity contribution in [3.8, 4) is 0 Å². The molecule has 0 bridgehead atoms. The minimum absolute atomic E-state index is 0.00746. The van der Waals surface area contributed by atoms with E-state index in [2.05, 4.69) is 10.6 Å². The molecule has 17 nitrogen and oxygen atoms in total. The Kier molecular flexibility index (Phi) is 20.7. The van der Waals surface area contributed by atoms with Gasteiger partial charge in [-0.2, -0.15) is 0 Å². The number of aliphatic hydroxyl groups is 1. The fourth-order valence-electron chi connectivity index (χ4n) is 4.98. The van der Waals surface area contributed by atoms with Crippen LogP contribution in [-0.4, -0.2) is 127 Å². The molecular formula is C33H56N6O11. The summed E-state index contributed by atoms with van der Waals surface area (Å²) in [7, 11) is 0. The van der Waals surface area contributed by atoms with Gasteiger partial charge < -0.3 is 20.6 Å². The second-order valence-electron chi connectivity index (χ2n) is 12.4. The minimum atomic E-state index is -1.75. The molecule has 17 heteroatoms. The van der Waals surface area contributed by atoms with Crippen molar-refractivity contribution in [2.24, 2.45) is 0 Å². The Morgan fingerprint density at radius 2 is 1.14 bits per heavy atom. The monoisotopic (exact) mass is 712 g/mol. The van der Waals surface area contributed by atoms with E-state index in [0.29, 0.717) is 92.6 Å². The summed E-state index contributed by atoms with van der Waals surface area (Å²) in [5, 5.41) is 46.7. The van der Waals surface area contributed by atoms with Crippen LogP contribution in [0.1, 0.15) is 111 Å². The van der Waals surface area contributed by atoms with Crippen LogP contribution in [0.5, 0.6) is 0 Å². The number of rotatable bonds is 26. The first-order chi connectivity index (χ1) is 23.6. The number of unbranched alkanes of at least 4 members (excludes halogenated alkanes) is 6. The van der Waals surface area contributed by atoms with Gasteiger partial charge in [-0.1, -0.05) is 6.92 Å². The van der Waals surface area contributed by atoms with E-state index in [4.69, 9.17) is 0 Å². The molecule has 0 saturated heterocycles. The molecule has 0 spiro atoms. The predicted octanol–water partition coefficient (Wildman–Crippen LogP) is 1.42. The van der Waals surface area contributed by atoms with Crippen molar-refractivity contribution in [1.29, 1.82) is 0 Å². The highest BCUT2D eigenvalue weighted by molar-refractivity contribution is 6.23. The molecule has 6 N–H and O–H groups in total. The van der Waals surface area contributed by atoms with Crippen molar-refractivity contribution in [3.05, 3.63) is 11.8 Å². The molecule has 0 aromatic carbocycles. The zero-order valence-corrected chi connectivity index (χ0v) is 29.7. The molecule has 1 unspecified atom stereocenters. The van der Waals surface area contributed by atoms with Gasteiger partial charge >= 0.3 is 0 Å². The summed E-state index contributed by atoms with van der Waals surface area (Å²) in [5.41, 5.74) is -1.74. The molecule has 0 aromatic heterocycles. The molecule has 1 aliphatic heterocycles. The van der Waals surface area contributed by atoms with Crippen molar-refractivity contribution in [1.82, 2.24) is 30.7 Å². The Labute approximate surface area is 293 Å². The van der Waals surface area contributed by atoms with Gasteiger partial charge in [0.15, 0.2) is 11.5 Å². The Morgan fingerprint density at radius 3 is 1.60 bits per heavy atom. The molecule has 0 radical (unpaired) electrons. The molecule has 0 aromatic rings. The average molecular weight is 713 g/mol. The number of nitrogens with one attached hydrogen (secondary N) is 2. The molecule has 0 saturated carbocycles. The second kappa shape index (κ2) is 23.5. The second-order valence-corrected chi connectivity index (χ2v) is 12.4. The van der Waals surface area contributed by atoms with Crippen LogP contribution in [0.15, 0.2) is 11.8 Å². The Balaban J connectivity index is 2.07. The van der Waals surface area contributed by atoms with Crippen molar-refractivity contribution in [2.45, 2.75) is 116 Å². The molecule has 1 aliphatic rings. The van der Waals surface area contributed by atoms with Crippen LogP contribution in [0.25, 0.3) is 0 Å². The summed E-state index contributed by atoms with van der Waals surface area (Å²) < 4.78 is 0. The van der Waals surface area contributed by atoms with Crippen molar-refractivity contribution in [3.63, 3.8) is 0 Å². The number of hydrogen-bond donors (Lipinski definition) is 6. The lowest BCUT2D eigenvalue weighted by Crippen LogP contribution is -2.46. The van der Waals surface area contributed by atoms with Crippen LogP contribution in [0.3, 0.4) is 0 Å². The number of ketones is 2. The van der Waals surface area contributed by atoms with E-state index in [-0.39, 0.29) is 74.9 Å². The van der Waals surface area contributed by atoms with E-state index in [9.17, 15) is 54.3 Å². The van der Waals surface area contributed by atoms with E-state index in [1.165, 1.54) is 24.9 Å². The van der Waals surface area contributed by atoms with E-state index >= 15 is 0 Å². The van der Waals surface area contributed by atoms with Gasteiger partial charge in [0.25, 0.3) is 0 Å². The maximum absolute atomic E-state index is 12.3. The van der Waals surface area contributed by atoms with Gasteiger partial charge in [0.1, 0.15) is 0 Å². The summed E-state index contributed by atoms with van der Waals surface area (Å²) in [6, 6.07) is 0. The van der Waals surface area contributed by atoms with Crippen LogP contribution in [0.2, 0.25) is 0 Å². The number of hydroxylamine groups is 6. The molecule has 5 amide bonds. The van der Waals surface area contributed by atoms with Crippen LogP contribution in [-0.2, 0) is 33.6 Å². The Morgan fingerprint density at radius 1 is 0.700 bits per heavy atom. The summed E-state index contributed by atoms with van der Waals surface area (Å²) >= 11 is 0. The molecule has 1 rings (SSSR count). The molecule has 50 heavy (non-hydrogen) atoms. The fraction of sp³-hybridized carbons (Fsp3) is 0.727. The summed E-state index contributed by atoms with van der Waals surface area (Å²) in [6.07, 6.45) is 6.29. The van der Waals surface area contributed by atoms with Crippen LogP contribution in [0.4, 0.5) is 0 Å². The average Bonchev–Trinajstić information content (AvgIpc) is 3.31. The smallest absolute Gasteiger partial charge is 0.246 e. The summed E-state index contributed by atoms with van der Waals surface area (Å²) in [5.74, 6) is -3.21. The highest BCUT2D eigenvalue weighted by Gasteiger charge is 2.44. The van der Waals surface area contributed by atoms with Gasteiger partial charge in [-0.25, -0.2) is 15.2 Å². The molecular weight excluding hydrogens is 656 g/mol. The molecule has 1 heterocycles. The number of carbonyl (C=O) groups excluding carboxylic acids is 7. The normalized spacial score (nSPS) is 15.4. The van der Waals surface area contributed by atoms with Crippen molar-refractivity contribution < 1.29 is 54.3 Å². The number of nitrogens with zero attached hydrogens (tertiary/aromatic N) is 4. The highest BCUT2D eigenvalue weighted by atomic mass is 16.5. The largest absolute Gasteiger partial charge is 0.364 e. The maximum Gasteiger partial charge on any atom is 0.246 e. The van der Waals surface area contributed by atoms with E-state index in [1.807, 2.05) is 0 Å². The standard InChI is InChI=1S/C33H56N6O11/c1-4-27(41)26-24-36(33(3,47)32(26)46)20-10-5-8-18-34-28(42)14-16-30(44)38(49)22-11-6-9-19-35-29(43)15-17-31(45)39(50)23-13-7-12-21-37(48)25(2)40/h24,47-50H,4-23H2,1-3H3,(H,34,42)(H,35,43). The Hall–Kier alpha value is -3.93. The maximum atomic E-state index is 12.3. The van der Waals surface area contributed by atoms with Gasteiger partial charge in [-0.05, 0) is 64.7 Å². The molecule has 0 fully saturated rings. The first kappa shape index (κ1) is 44.1. The topological polar surface area (TPSA) is 237 Å². The summed E-state index contributed by atoms with van der Waals surface area (Å²) in [4.78, 5) is 84.9. The summed E-state index contributed by atoms with van der Waals surface area (Å²) in [6.45, 7) is 5.66. The highest BCUT2D eigenvalue weighted by Crippen LogP contribution is 2.27. The number of amides is 5. The zero-order chi connectivity index (χ0) is 37.7. The molecule has 284 valence electrons. The van der Waals surface area contributed by atoms with Gasteiger partial charge in [0, 0.05) is 84.5 Å². The lowest BCUT2D eigenvalue weighted by molar-refractivity contribution is -0.166. The quantitative estimate of drug-likeness (QED) is 0.0323. The lowest BCUT2D eigenvalue weighted by atomic mass is 10.0. The van der Waals surface area contributed by atoms with Gasteiger partial charge in [-0.15, -0.1) is 0 Å². The van der Waals surface area contributed by atoms with Crippen LogP contribution < -0.4 is 10.6 Å². The predicted molar refractivity (Wildman–Crippen MR) is 178 cm³/mol. The Bertz CT molecular complexity index is 1190. The van der Waals surface area contributed by atoms with Crippen LogP contribution in [0, 0.1) is 0 Å². The third kappa shape index (κ3) is 16.7. The number of hydrogen-bond acceptors (Lipinski definition) is 12. The van der Waals surface area contributed by atoms with Crippen LogP contribution >= 0.6 is 0 Å². The third-order valence-corrected chi connectivity index (χ3v) is 8.22. The first-order valence-electron chi connectivity index (χ1n) is 17.4. The van der Waals surface area contributed by atoms with E-state index < -0.39 is 29.2 Å². The first-order valence-corrected chi connectivity index (χ1v) is 17.4. The number of carbonyl (C=O) groups is 7. The SMILES string of the molecule is CCC(=O)C1=CN(CCCCCNC(=O)CCC(=O)N(O)CCCCCNC(=O)CCC(=O)N(O)CCCCCN(O)C(C)=O)C(C)(O)C1=O. The van der Waals surface area contributed by atoms with Crippen molar-refractivity contribution in [2.75, 3.05) is 39.3 Å². The zero-order valence-electron chi connectivity index (χ0n) is 29.7. The lowest BCUT2D eigenvalue weighted by Gasteiger charge is -2.29. The third-order valence-electron chi connectivity index (χ3n) is 8.22. The van der Waals surface area contributed by atoms with E-state index in [0.717, 1.165) is 0 Å². The van der Waals surface area contributed by atoms with Gasteiger partial charge in [0.2, 0.25) is 35.3 Å². The van der Waals surface area contributed by atoms with E-state index in [1.54, 1.807) is 6.92 Å². The minimum Gasteiger partial charge on any atom is -0.364 e.